The molecule has 2 rings (SSSR count). The Morgan fingerprint density at radius 3 is 2.32 bits per heavy atom. The van der Waals surface area contributed by atoms with Gasteiger partial charge in [0.2, 0.25) is 0 Å². The normalized spacial score (nSPS) is 9.63. The summed E-state index contributed by atoms with van der Waals surface area (Å²) in [6, 6.07) is 17.7. The lowest BCUT2D eigenvalue weighted by Gasteiger charge is -2.05. The fraction of sp³-hybridized carbons (Fsp3) is 0.125. The van der Waals surface area contributed by atoms with Crippen LogP contribution >= 0.6 is 11.8 Å². The van der Waals surface area contributed by atoms with Gasteiger partial charge in [-0.3, -0.25) is 0 Å². The highest BCUT2D eigenvalue weighted by Gasteiger charge is 2.05. The fourth-order valence-electron chi connectivity index (χ4n) is 1.70. The van der Waals surface area contributed by atoms with Crippen molar-refractivity contribution in [1.29, 1.82) is 10.5 Å². The Morgan fingerprint density at radius 2 is 1.74 bits per heavy atom. The second-order valence-corrected chi connectivity index (χ2v) is 5.15. The van der Waals surface area contributed by atoms with Crippen molar-refractivity contribution in [2.24, 2.45) is 0 Å². The molecule has 0 radical (unpaired) electrons. The van der Waals surface area contributed by atoms with Crippen LogP contribution in [0, 0.1) is 22.7 Å². The van der Waals surface area contributed by atoms with Crippen LogP contribution in [0.15, 0.2) is 52.3 Å². The average molecular weight is 264 g/mol. The van der Waals surface area contributed by atoms with Crippen molar-refractivity contribution in [3.05, 3.63) is 59.2 Å². The van der Waals surface area contributed by atoms with Crippen molar-refractivity contribution in [1.82, 2.24) is 0 Å². The van der Waals surface area contributed by atoms with Crippen molar-refractivity contribution in [3.8, 4) is 12.1 Å². The molecule has 0 saturated carbocycles. The number of hydrogen-bond donors (Lipinski definition) is 0. The smallest absolute Gasteiger partial charge is 0.100 e. The van der Waals surface area contributed by atoms with Gasteiger partial charge in [-0.05, 0) is 42.3 Å². The molecule has 0 aliphatic rings. The lowest BCUT2D eigenvalue weighted by Crippen LogP contribution is -1.84. The molecule has 0 saturated heterocycles. The standard InChI is InChI=1S/C16H12N2S/c1-2-12-3-6-15(7-4-12)19-16-8-5-13(10-17)9-14(16)11-18/h3-9H,2H2,1H3. The number of hydrogen-bond acceptors (Lipinski definition) is 3. The molecule has 0 bridgehead atoms. The predicted molar refractivity (Wildman–Crippen MR) is 75.8 cm³/mol. The van der Waals surface area contributed by atoms with Crippen LogP contribution in [-0.4, -0.2) is 0 Å². The minimum absolute atomic E-state index is 0.516. The number of nitriles is 2. The summed E-state index contributed by atoms with van der Waals surface area (Å²) in [6.07, 6.45) is 1.02. The summed E-state index contributed by atoms with van der Waals surface area (Å²) in [7, 11) is 0. The summed E-state index contributed by atoms with van der Waals surface area (Å²) in [4.78, 5) is 1.98. The second-order valence-electron chi connectivity index (χ2n) is 4.03. The number of nitrogens with zero attached hydrogens (tertiary/aromatic N) is 2. The molecule has 19 heavy (non-hydrogen) atoms. The average Bonchev–Trinajstić information content (AvgIpc) is 2.48. The van der Waals surface area contributed by atoms with Crippen LogP contribution in [0.25, 0.3) is 0 Å². The highest BCUT2D eigenvalue weighted by molar-refractivity contribution is 7.99. The molecule has 0 atom stereocenters. The quantitative estimate of drug-likeness (QED) is 0.837. The van der Waals surface area contributed by atoms with E-state index >= 15 is 0 Å². The number of rotatable bonds is 3. The van der Waals surface area contributed by atoms with Gasteiger partial charge in [0, 0.05) is 9.79 Å². The van der Waals surface area contributed by atoms with E-state index < -0.39 is 0 Å². The Labute approximate surface area is 117 Å². The molecular formula is C16H12N2S. The Bertz CT molecular complexity index is 661. The van der Waals surface area contributed by atoms with Crippen LogP contribution in [0.3, 0.4) is 0 Å². The molecule has 3 heteroatoms. The van der Waals surface area contributed by atoms with Crippen LogP contribution in [0.2, 0.25) is 0 Å². The van der Waals surface area contributed by atoms with E-state index in [1.165, 1.54) is 5.56 Å². The van der Waals surface area contributed by atoms with Gasteiger partial charge < -0.3 is 0 Å². The van der Waals surface area contributed by atoms with Crippen molar-refractivity contribution in [3.63, 3.8) is 0 Å². The molecule has 0 aliphatic carbocycles. The van der Waals surface area contributed by atoms with Crippen LogP contribution in [0.4, 0.5) is 0 Å². The van der Waals surface area contributed by atoms with E-state index in [0.717, 1.165) is 16.2 Å². The highest BCUT2D eigenvalue weighted by Crippen LogP contribution is 2.30. The van der Waals surface area contributed by atoms with Crippen LogP contribution < -0.4 is 0 Å². The lowest BCUT2D eigenvalue weighted by atomic mass is 10.1. The maximum absolute atomic E-state index is 9.13. The molecule has 2 nitrogen and oxygen atoms in total. The number of aryl methyl sites for hydroxylation is 1. The van der Waals surface area contributed by atoms with Crippen molar-refractivity contribution in [2.75, 3.05) is 0 Å². The van der Waals surface area contributed by atoms with E-state index in [9.17, 15) is 0 Å². The summed E-state index contributed by atoms with van der Waals surface area (Å²) in [5, 5.41) is 18.0. The first-order valence-corrected chi connectivity index (χ1v) is 6.79. The van der Waals surface area contributed by atoms with Crippen molar-refractivity contribution in [2.45, 2.75) is 23.1 Å². The summed E-state index contributed by atoms with van der Waals surface area (Å²) in [5.41, 5.74) is 2.36. The molecule has 0 N–H and O–H groups in total. The molecule has 92 valence electrons. The molecule has 0 amide bonds. The molecule has 2 aromatic rings. The molecule has 0 heterocycles. The first-order chi connectivity index (χ1) is 9.26. The van der Waals surface area contributed by atoms with Gasteiger partial charge in [-0.2, -0.15) is 10.5 Å². The fourth-order valence-corrected chi connectivity index (χ4v) is 2.57. The third-order valence-electron chi connectivity index (χ3n) is 2.79. The first kappa shape index (κ1) is 13.2. The summed E-state index contributed by atoms with van der Waals surface area (Å²) >= 11 is 1.55. The van der Waals surface area contributed by atoms with E-state index in [1.807, 2.05) is 12.1 Å². The van der Waals surface area contributed by atoms with Crippen molar-refractivity contribution < 1.29 is 0 Å². The van der Waals surface area contributed by atoms with Crippen LogP contribution in [0.5, 0.6) is 0 Å². The van der Waals surface area contributed by atoms with Gasteiger partial charge in [0.15, 0.2) is 0 Å². The third-order valence-corrected chi connectivity index (χ3v) is 3.87. The highest BCUT2D eigenvalue weighted by atomic mass is 32.2. The zero-order chi connectivity index (χ0) is 13.7. The van der Waals surface area contributed by atoms with Gasteiger partial charge >= 0.3 is 0 Å². The Morgan fingerprint density at radius 1 is 1.00 bits per heavy atom. The Balaban J connectivity index is 2.28. The van der Waals surface area contributed by atoms with E-state index in [0.29, 0.717) is 11.1 Å². The van der Waals surface area contributed by atoms with E-state index in [4.69, 9.17) is 10.5 Å². The summed E-state index contributed by atoms with van der Waals surface area (Å²) in [6.45, 7) is 2.12. The summed E-state index contributed by atoms with van der Waals surface area (Å²) < 4.78 is 0. The Hall–Kier alpha value is -2.23. The topological polar surface area (TPSA) is 47.6 Å². The van der Waals surface area contributed by atoms with E-state index in [1.54, 1.807) is 23.9 Å². The van der Waals surface area contributed by atoms with E-state index in [-0.39, 0.29) is 0 Å². The molecule has 0 spiro atoms. The molecule has 2 aromatic carbocycles. The van der Waals surface area contributed by atoms with E-state index in [2.05, 4.69) is 37.3 Å². The molecule has 0 unspecified atom stereocenters. The van der Waals surface area contributed by atoms with Gasteiger partial charge in [0.05, 0.1) is 17.2 Å². The van der Waals surface area contributed by atoms with Crippen LogP contribution in [0.1, 0.15) is 23.6 Å². The molecule has 0 aliphatic heterocycles. The van der Waals surface area contributed by atoms with Gasteiger partial charge in [-0.1, -0.05) is 30.8 Å². The van der Waals surface area contributed by atoms with Gasteiger partial charge in [-0.15, -0.1) is 0 Å². The largest absolute Gasteiger partial charge is 0.192 e. The Kier molecular flexibility index (Phi) is 4.23. The second kappa shape index (κ2) is 6.09. The maximum Gasteiger partial charge on any atom is 0.100 e. The third kappa shape index (κ3) is 3.16. The monoisotopic (exact) mass is 264 g/mol. The van der Waals surface area contributed by atoms with Gasteiger partial charge in [-0.25, -0.2) is 0 Å². The predicted octanol–water partition coefficient (Wildman–Crippen LogP) is 4.14. The first-order valence-electron chi connectivity index (χ1n) is 5.98. The maximum atomic E-state index is 9.13. The number of benzene rings is 2. The zero-order valence-corrected chi connectivity index (χ0v) is 11.4. The van der Waals surface area contributed by atoms with Gasteiger partial charge in [0.25, 0.3) is 0 Å². The SMILES string of the molecule is CCc1ccc(Sc2ccc(C#N)cc2C#N)cc1. The zero-order valence-electron chi connectivity index (χ0n) is 10.6. The minimum Gasteiger partial charge on any atom is -0.192 e. The summed E-state index contributed by atoms with van der Waals surface area (Å²) in [5.74, 6) is 0. The molecule has 0 aromatic heterocycles. The minimum atomic E-state index is 0.516. The van der Waals surface area contributed by atoms with Crippen LogP contribution in [-0.2, 0) is 6.42 Å². The van der Waals surface area contributed by atoms with Gasteiger partial charge in [0.1, 0.15) is 6.07 Å². The molecule has 0 fully saturated rings. The lowest BCUT2D eigenvalue weighted by molar-refractivity contribution is 1.13. The van der Waals surface area contributed by atoms with Crippen molar-refractivity contribution >= 4 is 11.8 Å². The molecular weight excluding hydrogens is 252 g/mol.